The van der Waals surface area contributed by atoms with E-state index in [0.717, 1.165) is 34.6 Å². The number of ether oxygens (including phenoxy) is 5. The quantitative estimate of drug-likeness (QED) is 0.0950. The molecular formula is C28H43N5O17. The van der Waals surface area contributed by atoms with Gasteiger partial charge in [0.15, 0.2) is 31.1 Å². The van der Waals surface area contributed by atoms with E-state index >= 15 is 0 Å². The highest BCUT2D eigenvalue weighted by Gasteiger charge is 2.57. The maximum Gasteiger partial charge on any atom is 0.335 e. The van der Waals surface area contributed by atoms with Gasteiger partial charge in [-0.2, -0.15) is 0 Å². The Hall–Kier alpha value is -4.03. The molecule has 3 aliphatic heterocycles. The minimum Gasteiger partial charge on any atom is -0.479 e. The van der Waals surface area contributed by atoms with E-state index < -0.39 is 133 Å². The predicted molar refractivity (Wildman–Crippen MR) is 159 cm³/mol. The smallest absolute Gasteiger partial charge is 0.335 e. The Bertz CT molecular complexity index is 1320. The summed E-state index contributed by atoms with van der Waals surface area (Å²) in [4.78, 5) is 86.0. The molecule has 50 heavy (non-hydrogen) atoms. The summed E-state index contributed by atoms with van der Waals surface area (Å²) in [7, 11) is 0. The lowest BCUT2D eigenvalue weighted by Gasteiger charge is -2.50. The van der Waals surface area contributed by atoms with Crippen LogP contribution in [0, 0.1) is 0 Å². The van der Waals surface area contributed by atoms with Crippen LogP contribution in [0.15, 0.2) is 0 Å². The first-order chi connectivity index (χ1) is 23.2. The molecule has 3 aliphatic rings. The molecule has 15 atom stereocenters. The number of hydrogen-bond acceptors (Lipinski definition) is 15. The molecule has 0 radical (unpaired) electrons. The number of carbonyl (C=O) groups is 7. The monoisotopic (exact) mass is 721 g/mol. The van der Waals surface area contributed by atoms with Crippen molar-refractivity contribution < 1.29 is 82.8 Å². The number of carboxylic acid groups (broad SMARTS) is 2. The third-order valence-corrected chi connectivity index (χ3v) is 8.00. The predicted octanol–water partition coefficient (Wildman–Crippen LogP) is -5.64. The van der Waals surface area contributed by atoms with Gasteiger partial charge in [-0.25, -0.2) is 9.59 Å². The fourth-order valence-electron chi connectivity index (χ4n) is 6.03. The van der Waals surface area contributed by atoms with Gasteiger partial charge in [0.05, 0.1) is 18.2 Å². The molecule has 0 spiro atoms. The van der Waals surface area contributed by atoms with Gasteiger partial charge in [0.1, 0.15) is 42.5 Å². The van der Waals surface area contributed by atoms with Gasteiger partial charge in [-0.1, -0.05) is 0 Å². The van der Waals surface area contributed by atoms with Crippen LogP contribution in [0.1, 0.15) is 41.5 Å². The van der Waals surface area contributed by atoms with Gasteiger partial charge < -0.3 is 75.8 Å². The van der Waals surface area contributed by atoms with E-state index in [1.165, 1.54) is 6.92 Å². The van der Waals surface area contributed by atoms with Crippen molar-refractivity contribution in [1.29, 1.82) is 0 Å². The molecule has 3 saturated heterocycles. The minimum absolute atomic E-state index is 0.674. The highest BCUT2D eigenvalue weighted by Crippen LogP contribution is 2.33. The molecule has 1 unspecified atom stereocenters. The molecule has 22 heteroatoms. The largest absolute Gasteiger partial charge is 0.479 e. The first kappa shape index (κ1) is 40.4. The van der Waals surface area contributed by atoms with Crippen molar-refractivity contribution in [2.75, 3.05) is 0 Å². The Kier molecular flexibility index (Phi) is 13.6. The molecule has 0 saturated carbocycles. The van der Waals surface area contributed by atoms with Crippen molar-refractivity contribution in [3.05, 3.63) is 0 Å². The fraction of sp³-hybridized carbons (Fsp3) is 0.750. The second-order valence-electron chi connectivity index (χ2n) is 12.1. The van der Waals surface area contributed by atoms with Crippen molar-refractivity contribution in [1.82, 2.24) is 26.6 Å². The van der Waals surface area contributed by atoms with Gasteiger partial charge in [0.25, 0.3) is 0 Å². The first-order valence-electron chi connectivity index (χ1n) is 15.4. The molecule has 0 aliphatic carbocycles. The van der Waals surface area contributed by atoms with Crippen LogP contribution in [0.4, 0.5) is 0 Å². The molecule has 3 fully saturated rings. The van der Waals surface area contributed by atoms with E-state index in [2.05, 4.69) is 26.6 Å². The minimum atomic E-state index is -2.16. The van der Waals surface area contributed by atoms with E-state index in [-0.39, 0.29) is 0 Å². The summed E-state index contributed by atoms with van der Waals surface area (Å²) < 4.78 is 28.5. The average molecular weight is 722 g/mol. The van der Waals surface area contributed by atoms with Gasteiger partial charge >= 0.3 is 11.9 Å². The highest BCUT2D eigenvalue weighted by atomic mass is 16.7. The van der Waals surface area contributed by atoms with Crippen LogP contribution in [-0.4, -0.2) is 159 Å². The molecular weight excluding hydrogens is 678 g/mol. The molecule has 0 bridgehead atoms. The second kappa shape index (κ2) is 16.8. The number of nitrogens with one attached hydrogen (secondary N) is 5. The van der Waals surface area contributed by atoms with Crippen LogP contribution < -0.4 is 26.6 Å². The fourth-order valence-corrected chi connectivity index (χ4v) is 6.03. The molecule has 5 amide bonds. The van der Waals surface area contributed by atoms with Crippen LogP contribution >= 0.6 is 0 Å². The lowest BCUT2D eigenvalue weighted by Crippen LogP contribution is -2.74. The number of rotatable bonds is 11. The number of hydrogen-bond donors (Lipinski definition) is 10. The van der Waals surface area contributed by atoms with E-state index in [1.807, 2.05) is 0 Å². The van der Waals surface area contributed by atoms with Crippen LogP contribution in [0.3, 0.4) is 0 Å². The van der Waals surface area contributed by atoms with E-state index in [9.17, 15) is 59.1 Å². The first-order valence-corrected chi connectivity index (χ1v) is 15.4. The summed E-state index contributed by atoms with van der Waals surface area (Å²) in [5.74, 6) is -7.23. The summed E-state index contributed by atoms with van der Waals surface area (Å²) >= 11 is 0. The van der Waals surface area contributed by atoms with Gasteiger partial charge in [0.2, 0.25) is 29.5 Å². The Labute approximate surface area is 284 Å². The summed E-state index contributed by atoms with van der Waals surface area (Å²) in [6.45, 7) is 6.67. The molecule has 22 nitrogen and oxygen atoms in total. The standard InChI is InChI=1S/C28H43N5O17/c1-7-18(39)20(17(26(45)46-7)33-12(6)38)47-28-16(32-11(5)37)14(30-9(3)35)21(23(50-28)25(43)44)48-27-15(31-10(4)36)13(29-8(2)34)19(40)22(49-27)24(41)42/h7,13-23,26-28,39-40,45H,1-6H3,(H,29,34)(H,30,35)(H,31,36)(H,32,37)(H,33,38)(H,41,42)(H,43,44)/t7-,13-,14-,15+,16+,17-,18+,19+,20-,21+,22+,23+,26?,27-,28-/m1/s1. The Morgan fingerprint density at radius 2 is 0.880 bits per heavy atom. The summed E-state index contributed by atoms with van der Waals surface area (Å²) in [5.41, 5.74) is 0. The maximum absolute atomic E-state index is 12.7. The molecule has 0 aromatic heterocycles. The number of aliphatic hydroxyl groups excluding tert-OH is 3. The second-order valence-corrected chi connectivity index (χ2v) is 12.1. The summed E-state index contributed by atoms with van der Waals surface area (Å²) in [6, 6.07) is -7.80. The van der Waals surface area contributed by atoms with Crippen molar-refractivity contribution in [2.24, 2.45) is 0 Å². The molecule has 0 aromatic rings. The molecule has 3 heterocycles. The zero-order valence-electron chi connectivity index (χ0n) is 27.8. The van der Waals surface area contributed by atoms with Crippen molar-refractivity contribution in [3.8, 4) is 0 Å². The van der Waals surface area contributed by atoms with E-state index in [4.69, 9.17) is 23.7 Å². The number of aliphatic carboxylic acids is 2. The van der Waals surface area contributed by atoms with Crippen LogP contribution in [-0.2, 0) is 57.2 Å². The van der Waals surface area contributed by atoms with Crippen molar-refractivity contribution in [3.63, 3.8) is 0 Å². The highest BCUT2D eigenvalue weighted by molar-refractivity contribution is 5.78. The van der Waals surface area contributed by atoms with Crippen molar-refractivity contribution in [2.45, 2.75) is 133 Å². The summed E-state index contributed by atoms with van der Waals surface area (Å²) in [6.07, 6.45) is -17.9. The average Bonchev–Trinajstić information content (AvgIpc) is 2.97. The van der Waals surface area contributed by atoms with Crippen LogP contribution in [0.2, 0.25) is 0 Å². The third-order valence-electron chi connectivity index (χ3n) is 8.00. The number of carbonyl (C=O) groups excluding carboxylic acids is 5. The number of aliphatic hydroxyl groups is 3. The number of carboxylic acids is 2. The third kappa shape index (κ3) is 9.60. The zero-order chi connectivity index (χ0) is 37.8. The summed E-state index contributed by atoms with van der Waals surface area (Å²) in [5, 5.41) is 64.4. The maximum atomic E-state index is 12.7. The van der Waals surface area contributed by atoms with Crippen LogP contribution in [0.5, 0.6) is 0 Å². The van der Waals surface area contributed by atoms with Crippen molar-refractivity contribution >= 4 is 41.5 Å². The Balaban J connectivity index is 2.13. The lowest BCUT2D eigenvalue weighted by atomic mass is 9.91. The van der Waals surface area contributed by atoms with E-state index in [0.29, 0.717) is 0 Å². The molecule has 0 aromatic carbocycles. The number of amides is 5. The van der Waals surface area contributed by atoms with Gasteiger partial charge in [0, 0.05) is 34.6 Å². The molecule has 282 valence electrons. The topological polar surface area (TPSA) is 327 Å². The van der Waals surface area contributed by atoms with Gasteiger partial charge in [-0.3, -0.25) is 24.0 Å². The Morgan fingerprint density at radius 3 is 1.34 bits per heavy atom. The molecule has 10 N–H and O–H groups in total. The van der Waals surface area contributed by atoms with E-state index in [1.54, 1.807) is 0 Å². The SMILES string of the molecule is CC(=O)N[C@@H]1[C@H](O[C@H]2[C@@H](O)[C@@H](C)OC(O)[C@@H]2NC(C)=O)O[C@H](C(=O)O)[C@@H](O[C@@H]2O[C@H](C(=O)O)[C@@H](O)[C@H](NC(C)=O)[C@@H]2NC(C)=O)[C@@H]1NC(C)=O. The van der Waals surface area contributed by atoms with Crippen LogP contribution in [0.25, 0.3) is 0 Å². The Morgan fingerprint density at radius 1 is 0.500 bits per heavy atom. The van der Waals surface area contributed by atoms with Gasteiger partial charge in [-0.15, -0.1) is 0 Å². The lowest BCUT2D eigenvalue weighted by molar-refractivity contribution is -0.326. The van der Waals surface area contributed by atoms with Gasteiger partial charge in [-0.05, 0) is 6.92 Å². The molecule has 3 rings (SSSR count). The zero-order valence-corrected chi connectivity index (χ0v) is 27.8. The normalized spacial score (nSPS) is 38.5.